The molecule has 0 saturated carbocycles. The first-order valence-electron chi connectivity index (χ1n) is 10.1. The monoisotopic (exact) mass is 438 g/mol. The number of hydrogen-bond donors (Lipinski definition) is 1. The third kappa shape index (κ3) is 5.63. The maximum Gasteiger partial charge on any atom is 0.340 e. The fourth-order valence-corrected chi connectivity index (χ4v) is 3.14. The maximum atomic E-state index is 12.2. The van der Waals surface area contributed by atoms with Gasteiger partial charge in [0, 0.05) is 18.4 Å². The highest BCUT2D eigenvalue weighted by atomic mass is 16.5. The van der Waals surface area contributed by atoms with Gasteiger partial charge in [-0.1, -0.05) is 6.07 Å². The van der Waals surface area contributed by atoms with Crippen LogP contribution in [0.2, 0.25) is 0 Å². The van der Waals surface area contributed by atoms with E-state index in [0.717, 1.165) is 17.0 Å². The summed E-state index contributed by atoms with van der Waals surface area (Å²) in [6.07, 6.45) is 2.00. The van der Waals surface area contributed by atoms with E-state index in [-0.39, 0.29) is 18.1 Å². The van der Waals surface area contributed by atoms with Gasteiger partial charge >= 0.3 is 5.97 Å². The molecule has 0 unspecified atom stereocenters. The van der Waals surface area contributed by atoms with Gasteiger partial charge in [-0.15, -0.1) is 0 Å². The van der Waals surface area contributed by atoms with E-state index in [4.69, 9.17) is 14.2 Å². The van der Waals surface area contributed by atoms with E-state index >= 15 is 0 Å². The summed E-state index contributed by atoms with van der Waals surface area (Å²) in [5.74, 6) is 0.867. The van der Waals surface area contributed by atoms with Gasteiger partial charge < -0.3 is 19.5 Å². The van der Waals surface area contributed by atoms with E-state index in [1.165, 1.54) is 6.20 Å². The Kier molecular flexibility index (Phi) is 7.43. The van der Waals surface area contributed by atoms with Crippen molar-refractivity contribution in [2.75, 3.05) is 27.4 Å². The number of hydrogen-bond acceptors (Lipinski definition) is 7. The van der Waals surface area contributed by atoms with Crippen molar-refractivity contribution in [1.29, 1.82) is 0 Å². The van der Waals surface area contributed by atoms with E-state index < -0.39 is 5.97 Å². The van der Waals surface area contributed by atoms with Crippen LogP contribution >= 0.6 is 0 Å². The lowest BCUT2D eigenvalue weighted by Gasteiger charge is -2.10. The smallest absolute Gasteiger partial charge is 0.340 e. The molecule has 3 rings (SSSR count). The maximum absolute atomic E-state index is 12.2. The zero-order chi connectivity index (χ0) is 23.1. The molecule has 0 fully saturated rings. The first-order chi connectivity index (χ1) is 15.4. The topological polar surface area (TPSA) is 105 Å². The summed E-state index contributed by atoms with van der Waals surface area (Å²) < 4.78 is 17.3. The number of nitrogens with one attached hydrogen (secondary N) is 1. The quantitative estimate of drug-likeness (QED) is 0.512. The molecule has 1 aromatic carbocycles. The molecule has 0 aliphatic carbocycles. The second-order valence-electron chi connectivity index (χ2n) is 7.11. The molecule has 0 saturated heterocycles. The molecular formula is C23H26N4O5. The summed E-state index contributed by atoms with van der Waals surface area (Å²) in [6, 6.07) is 10.8. The van der Waals surface area contributed by atoms with Crippen LogP contribution in [0.3, 0.4) is 0 Å². The summed E-state index contributed by atoms with van der Waals surface area (Å²) in [6.45, 7) is 3.84. The van der Waals surface area contributed by atoms with Crippen molar-refractivity contribution in [3.05, 3.63) is 65.1 Å². The second-order valence-corrected chi connectivity index (χ2v) is 7.11. The third-order valence-electron chi connectivity index (χ3n) is 4.73. The van der Waals surface area contributed by atoms with Gasteiger partial charge in [-0.3, -0.25) is 4.79 Å². The van der Waals surface area contributed by atoms with Crippen LogP contribution in [0.25, 0.3) is 5.82 Å². The van der Waals surface area contributed by atoms with Crippen LogP contribution in [-0.4, -0.2) is 54.0 Å². The Bertz CT molecular complexity index is 1090. The minimum atomic E-state index is -0.618. The molecule has 2 heterocycles. The summed E-state index contributed by atoms with van der Waals surface area (Å²) in [5.41, 5.74) is 3.06. The Morgan fingerprint density at radius 1 is 1.03 bits per heavy atom. The van der Waals surface area contributed by atoms with E-state index in [2.05, 4.69) is 15.4 Å². The van der Waals surface area contributed by atoms with Gasteiger partial charge in [-0.05, 0) is 56.2 Å². The molecule has 168 valence electrons. The zero-order valence-corrected chi connectivity index (χ0v) is 18.5. The second kappa shape index (κ2) is 10.4. The lowest BCUT2D eigenvalue weighted by atomic mass is 10.1. The molecular weight excluding hydrogens is 412 g/mol. The lowest BCUT2D eigenvalue weighted by molar-refractivity contribution is -0.124. The number of aryl methyl sites for hydroxylation is 2. The standard InChI is InChI=1S/C23H26N4O5/c1-15-11-16(2)27(26-15)21-8-6-18(13-25-21)23(29)32-14-22(28)24-10-9-17-5-7-19(30-3)20(12-17)31-4/h5-8,11-13H,9-10,14H2,1-4H3,(H,24,28). The fourth-order valence-electron chi connectivity index (χ4n) is 3.14. The van der Waals surface area contributed by atoms with E-state index in [0.29, 0.717) is 30.3 Å². The average molecular weight is 438 g/mol. The van der Waals surface area contributed by atoms with Crippen LogP contribution in [0.1, 0.15) is 27.3 Å². The Morgan fingerprint density at radius 2 is 1.81 bits per heavy atom. The zero-order valence-electron chi connectivity index (χ0n) is 18.5. The molecule has 1 N–H and O–H groups in total. The summed E-state index contributed by atoms with van der Waals surface area (Å²) in [4.78, 5) is 28.5. The fraction of sp³-hybridized carbons (Fsp3) is 0.304. The van der Waals surface area contributed by atoms with E-state index in [9.17, 15) is 9.59 Å². The molecule has 0 radical (unpaired) electrons. The normalized spacial score (nSPS) is 10.5. The van der Waals surface area contributed by atoms with Crippen molar-refractivity contribution in [2.45, 2.75) is 20.3 Å². The number of carbonyl (C=O) groups is 2. The van der Waals surface area contributed by atoms with Crippen LogP contribution < -0.4 is 14.8 Å². The number of methoxy groups -OCH3 is 2. The van der Waals surface area contributed by atoms with Crippen LogP contribution in [0.4, 0.5) is 0 Å². The molecule has 0 aliphatic rings. The molecule has 9 nitrogen and oxygen atoms in total. The summed E-state index contributed by atoms with van der Waals surface area (Å²) in [5, 5.41) is 7.08. The van der Waals surface area contributed by atoms with E-state index in [1.54, 1.807) is 31.0 Å². The average Bonchev–Trinajstić information content (AvgIpc) is 3.15. The predicted molar refractivity (Wildman–Crippen MR) is 117 cm³/mol. The number of pyridine rings is 1. The SMILES string of the molecule is COc1ccc(CCNC(=O)COC(=O)c2ccc(-n3nc(C)cc3C)nc2)cc1OC. The van der Waals surface area contributed by atoms with Crippen molar-refractivity contribution < 1.29 is 23.8 Å². The van der Waals surface area contributed by atoms with Gasteiger partial charge in [0.05, 0.1) is 25.5 Å². The highest BCUT2D eigenvalue weighted by Gasteiger charge is 2.12. The number of esters is 1. The number of benzene rings is 1. The Hall–Kier alpha value is -3.88. The highest BCUT2D eigenvalue weighted by molar-refractivity contribution is 5.91. The first kappa shape index (κ1) is 22.8. The number of amides is 1. The molecule has 2 aromatic heterocycles. The van der Waals surface area contributed by atoms with Crippen molar-refractivity contribution in [3.63, 3.8) is 0 Å². The molecule has 9 heteroatoms. The van der Waals surface area contributed by atoms with Gasteiger partial charge in [-0.25, -0.2) is 14.5 Å². The van der Waals surface area contributed by atoms with Crippen molar-refractivity contribution in [1.82, 2.24) is 20.1 Å². The van der Waals surface area contributed by atoms with Crippen LogP contribution in [0.15, 0.2) is 42.6 Å². The van der Waals surface area contributed by atoms with Crippen LogP contribution in [0, 0.1) is 13.8 Å². The first-order valence-corrected chi connectivity index (χ1v) is 10.1. The van der Waals surface area contributed by atoms with Gasteiger partial charge in [0.25, 0.3) is 5.91 Å². The van der Waals surface area contributed by atoms with Crippen molar-refractivity contribution >= 4 is 11.9 Å². The Labute approximate surface area is 186 Å². The molecule has 0 atom stereocenters. The minimum absolute atomic E-state index is 0.258. The largest absolute Gasteiger partial charge is 0.493 e. The van der Waals surface area contributed by atoms with Gasteiger partial charge in [-0.2, -0.15) is 5.10 Å². The molecule has 32 heavy (non-hydrogen) atoms. The number of rotatable bonds is 9. The predicted octanol–water partition coefficient (Wildman–Crippen LogP) is 2.42. The molecule has 0 bridgehead atoms. The highest BCUT2D eigenvalue weighted by Crippen LogP contribution is 2.27. The molecule has 0 aliphatic heterocycles. The Morgan fingerprint density at radius 3 is 2.44 bits per heavy atom. The van der Waals surface area contributed by atoms with Gasteiger partial charge in [0.15, 0.2) is 23.9 Å². The Balaban J connectivity index is 1.45. The van der Waals surface area contributed by atoms with Gasteiger partial charge in [0.2, 0.25) is 0 Å². The molecule has 3 aromatic rings. The summed E-state index contributed by atoms with van der Waals surface area (Å²) >= 11 is 0. The number of aromatic nitrogens is 3. The van der Waals surface area contributed by atoms with Crippen molar-refractivity contribution in [3.8, 4) is 17.3 Å². The minimum Gasteiger partial charge on any atom is -0.493 e. The van der Waals surface area contributed by atoms with Crippen LogP contribution in [0.5, 0.6) is 11.5 Å². The number of nitrogens with zero attached hydrogens (tertiary/aromatic N) is 3. The molecule has 0 spiro atoms. The molecule has 1 amide bonds. The van der Waals surface area contributed by atoms with E-state index in [1.807, 2.05) is 38.1 Å². The lowest BCUT2D eigenvalue weighted by Crippen LogP contribution is -2.30. The summed E-state index contributed by atoms with van der Waals surface area (Å²) in [7, 11) is 3.14. The van der Waals surface area contributed by atoms with Crippen molar-refractivity contribution in [2.24, 2.45) is 0 Å². The third-order valence-corrected chi connectivity index (χ3v) is 4.73. The number of ether oxygens (including phenoxy) is 3. The van der Waals surface area contributed by atoms with Crippen LogP contribution in [-0.2, 0) is 16.0 Å². The van der Waals surface area contributed by atoms with Gasteiger partial charge in [0.1, 0.15) is 0 Å². The number of carbonyl (C=O) groups excluding carboxylic acids is 2.